The van der Waals surface area contributed by atoms with Crippen molar-refractivity contribution in [2.75, 3.05) is 20.2 Å². The van der Waals surface area contributed by atoms with Crippen molar-refractivity contribution in [3.8, 4) is 0 Å². The van der Waals surface area contributed by atoms with Crippen molar-refractivity contribution >= 4 is 0 Å². The van der Waals surface area contributed by atoms with Crippen LogP contribution in [0.4, 0.5) is 0 Å². The third-order valence-corrected chi connectivity index (χ3v) is 4.73. The fraction of sp³-hybridized carbons (Fsp3) is 0.857. The Bertz CT molecular complexity index is 418. The standard InChI is InChI=1S/C14H23N3O2/c1-10-3-6-14(18-2,7-4-10)13-16-12(19-17-13)11-5-8-15-9-11/h10-11,15H,3-9H2,1-2H3. The zero-order chi connectivity index (χ0) is 13.3. The molecule has 0 bridgehead atoms. The van der Waals surface area contributed by atoms with Crippen LogP contribution in [0.2, 0.25) is 0 Å². The maximum absolute atomic E-state index is 5.79. The summed E-state index contributed by atoms with van der Waals surface area (Å²) >= 11 is 0. The number of nitrogens with one attached hydrogen (secondary N) is 1. The summed E-state index contributed by atoms with van der Waals surface area (Å²) < 4.78 is 11.3. The first-order chi connectivity index (χ1) is 9.23. The van der Waals surface area contributed by atoms with Gasteiger partial charge in [-0.25, -0.2) is 0 Å². The lowest BCUT2D eigenvalue weighted by Crippen LogP contribution is -2.34. The van der Waals surface area contributed by atoms with Gasteiger partial charge in [-0.1, -0.05) is 12.1 Å². The van der Waals surface area contributed by atoms with Gasteiger partial charge in [-0.2, -0.15) is 4.98 Å². The third kappa shape index (κ3) is 2.41. The summed E-state index contributed by atoms with van der Waals surface area (Å²) in [4.78, 5) is 4.64. The molecule has 2 aliphatic rings. The molecule has 1 N–H and O–H groups in total. The first-order valence-electron chi connectivity index (χ1n) is 7.33. The second-order valence-electron chi connectivity index (χ2n) is 6.03. The first kappa shape index (κ1) is 13.1. The Morgan fingerprint density at radius 3 is 2.74 bits per heavy atom. The van der Waals surface area contributed by atoms with Gasteiger partial charge in [0, 0.05) is 13.7 Å². The molecule has 3 rings (SSSR count). The summed E-state index contributed by atoms with van der Waals surface area (Å²) in [6.45, 7) is 4.28. The van der Waals surface area contributed by atoms with E-state index in [0.29, 0.717) is 5.92 Å². The van der Waals surface area contributed by atoms with Crippen LogP contribution in [0.1, 0.15) is 56.7 Å². The maximum Gasteiger partial charge on any atom is 0.231 e. The fourth-order valence-electron chi connectivity index (χ4n) is 3.20. The predicted molar refractivity (Wildman–Crippen MR) is 70.8 cm³/mol. The molecule has 1 aliphatic carbocycles. The normalized spacial score (nSPS) is 35.7. The van der Waals surface area contributed by atoms with Gasteiger partial charge in [-0.3, -0.25) is 0 Å². The van der Waals surface area contributed by atoms with E-state index in [0.717, 1.165) is 50.0 Å². The van der Waals surface area contributed by atoms with Gasteiger partial charge in [0.25, 0.3) is 0 Å². The summed E-state index contributed by atoms with van der Waals surface area (Å²) in [5.41, 5.74) is -0.319. The minimum absolute atomic E-state index is 0.319. The van der Waals surface area contributed by atoms with E-state index in [1.54, 1.807) is 7.11 Å². The largest absolute Gasteiger partial charge is 0.370 e. The van der Waals surface area contributed by atoms with E-state index >= 15 is 0 Å². The Morgan fingerprint density at radius 2 is 2.11 bits per heavy atom. The molecule has 1 saturated carbocycles. The second kappa shape index (κ2) is 5.21. The van der Waals surface area contributed by atoms with E-state index in [9.17, 15) is 0 Å². The number of aromatic nitrogens is 2. The molecule has 1 aliphatic heterocycles. The summed E-state index contributed by atoms with van der Waals surface area (Å²) in [6, 6.07) is 0. The monoisotopic (exact) mass is 265 g/mol. The van der Waals surface area contributed by atoms with Gasteiger partial charge < -0.3 is 14.6 Å². The van der Waals surface area contributed by atoms with Crippen LogP contribution in [0.3, 0.4) is 0 Å². The van der Waals surface area contributed by atoms with Crippen LogP contribution < -0.4 is 5.32 Å². The van der Waals surface area contributed by atoms with Crippen LogP contribution in [-0.2, 0) is 10.3 Å². The zero-order valence-electron chi connectivity index (χ0n) is 11.8. The van der Waals surface area contributed by atoms with Gasteiger partial charge in [0.2, 0.25) is 11.7 Å². The van der Waals surface area contributed by atoms with Gasteiger partial charge in [0.1, 0.15) is 5.60 Å². The number of ether oxygens (including phenoxy) is 1. The maximum atomic E-state index is 5.79. The highest BCUT2D eigenvalue weighted by Crippen LogP contribution is 2.41. The van der Waals surface area contributed by atoms with Gasteiger partial charge in [0.15, 0.2) is 0 Å². The van der Waals surface area contributed by atoms with Crippen LogP contribution in [0.5, 0.6) is 0 Å². The molecule has 1 saturated heterocycles. The van der Waals surface area contributed by atoms with Crippen molar-refractivity contribution < 1.29 is 9.26 Å². The molecule has 0 amide bonds. The molecular formula is C14H23N3O2. The van der Waals surface area contributed by atoms with E-state index in [4.69, 9.17) is 9.26 Å². The molecule has 5 heteroatoms. The summed E-state index contributed by atoms with van der Waals surface area (Å²) in [5, 5.41) is 7.54. The highest BCUT2D eigenvalue weighted by Gasteiger charge is 2.40. The minimum atomic E-state index is -0.319. The summed E-state index contributed by atoms with van der Waals surface area (Å²) in [6.07, 6.45) is 5.41. The van der Waals surface area contributed by atoms with Crippen LogP contribution in [0.15, 0.2) is 4.52 Å². The zero-order valence-corrected chi connectivity index (χ0v) is 11.8. The molecule has 106 valence electrons. The Kier molecular flexibility index (Phi) is 3.58. The Hall–Kier alpha value is -0.940. The Labute approximate surface area is 114 Å². The smallest absolute Gasteiger partial charge is 0.231 e. The average molecular weight is 265 g/mol. The Balaban J connectivity index is 1.79. The molecule has 2 fully saturated rings. The third-order valence-electron chi connectivity index (χ3n) is 4.73. The molecular weight excluding hydrogens is 242 g/mol. The van der Waals surface area contributed by atoms with Gasteiger partial charge >= 0.3 is 0 Å². The lowest BCUT2D eigenvalue weighted by molar-refractivity contribution is -0.0609. The van der Waals surface area contributed by atoms with E-state index in [2.05, 4.69) is 22.4 Å². The lowest BCUT2D eigenvalue weighted by Gasteiger charge is -2.35. The number of hydrogen-bond donors (Lipinski definition) is 1. The SMILES string of the molecule is COC1(c2noc(C3CCNC3)n2)CCC(C)CC1. The molecule has 1 unspecified atom stereocenters. The number of rotatable bonds is 3. The van der Waals surface area contributed by atoms with E-state index in [1.807, 2.05) is 0 Å². The van der Waals surface area contributed by atoms with Crippen molar-refractivity contribution in [2.24, 2.45) is 5.92 Å². The predicted octanol–water partition coefficient (Wildman–Crippen LogP) is 2.20. The van der Waals surface area contributed by atoms with Gasteiger partial charge in [-0.15, -0.1) is 0 Å². The molecule has 19 heavy (non-hydrogen) atoms. The topological polar surface area (TPSA) is 60.2 Å². The number of methoxy groups -OCH3 is 1. The second-order valence-corrected chi connectivity index (χ2v) is 6.03. The lowest BCUT2D eigenvalue weighted by atomic mass is 9.79. The van der Waals surface area contributed by atoms with E-state index < -0.39 is 0 Å². The quantitative estimate of drug-likeness (QED) is 0.908. The summed E-state index contributed by atoms with van der Waals surface area (Å²) in [5.74, 6) is 2.67. The van der Waals surface area contributed by atoms with Gasteiger partial charge in [0.05, 0.1) is 5.92 Å². The van der Waals surface area contributed by atoms with E-state index in [-0.39, 0.29) is 5.60 Å². The molecule has 2 heterocycles. The first-order valence-corrected chi connectivity index (χ1v) is 7.33. The molecule has 1 atom stereocenters. The van der Waals surface area contributed by atoms with Crippen LogP contribution in [0.25, 0.3) is 0 Å². The van der Waals surface area contributed by atoms with Crippen molar-refractivity contribution in [1.29, 1.82) is 0 Å². The van der Waals surface area contributed by atoms with Gasteiger partial charge in [-0.05, 0) is 44.6 Å². The molecule has 5 nitrogen and oxygen atoms in total. The van der Waals surface area contributed by atoms with Crippen molar-refractivity contribution in [1.82, 2.24) is 15.5 Å². The fourth-order valence-corrected chi connectivity index (χ4v) is 3.20. The highest BCUT2D eigenvalue weighted by atomic mass is 16.5. The van der Waals surface area contributed by atoms with Crippen molar-refractivity contribution in [3.63, 3.8) is 0 Å². The highest BCUT2D eigenvalue weighted by molar-refractivity contribution is 5.06. The molecule has 0 radical (unpaired) electrons. The average Bonchev–Trinajstić information content (AvgIpc) is 3.11. The van der Waals surface area contributed by atoms with Crippen LogP contribution in [0, 0.1) is 5.92 Å². The van der Waals surface area contributed by atoms with Crippen molar-refractivity contribution in [2.45, 2.75) is 50.5 Å². The number of hydrogen-bond acceptors (Lipinski definition) is 5. The molecule has 0 spiro atoms. The van der Waals surface area contributed by atoms with Crippen LogP contribution in [-0.4, -0.2) is 30.3 Å². The molecule has 1 aromatic rings. The molecule has 0 aromatic carbocycles. The summed E-state index contributed by atoms with van der Waals surface area (Å²) in [7, 11) is 1.77. The minimum Gasteiger partial charge on any atom is -0.370 e. The molecule has 1 aromatic heterocycles. The Morgan fingerprint density at radius 1 is 1.32 bits per heavy atom. The number of nitrogens with zero attached hydrogens (tertiary/aromatic N) is 2. The van der Waals surface area contributed by atoms with Crippen molar-refractivity contribution in [3.05, 3.63) is 11.7 Å². The van der Waals surface area contributed by atoms with Crippen LogP contribution >= 0.6 is 0 Å². The van der Waals surface area contributed by atoms with E-state index in [1.165, 1.54) is 12.8 Å².